The van der Waals surface area contributed by atoms with Crippen LogP contribution in [0.2, 0.25) is 0 Å². The highest BCUT2D eigenvalue weighted by Crippen LogP contribution is 2.28. The molecule has 1 aliphatic rings. The molecule has 158 valence electrons. The summed E-state index contributed by atoms with van der Waals surface area (Å²) in [5, 5.41) is 1.12. The molecule has 0 aliphatic carbocycles. The molecule has 5 nitrogen and oxygen atoms in total. The molecule has 2 heterocycles. The van der Waals surface area contributed by atoms with E-state index in [2.05, 4.69) is 41.8 Å². The number of likely N-dealkylation sites (N-methyl/N-ethyl adjacent to an activating group) is 1. The Hall–Kier alpha value is -2.63. The summed E-state index contributed by atoms with van der Waals surface area (Å²) in [6, 6.07) is 16.4. The van der Waals surface area contributed by atoms with Crippen molar-refractivity contribution in [1.82, 2.24) is 14.8 Å². The first-order valence-electron chi connectivity index (χ1n) is 10.8. The van der Waals surface area contributed by atoms with Crippen molar-refractivity contribution in [2.45, 2.75) is 13.8 Å². The monoisotopic (exact) mass is 405 g/mol. The number of pyridine rings is 1. The molecule has 0 amide bonds. The number of ether oxygens (including phenoxy) is 2. The summed E-state index contributed by atoms with van der Waals surface area (Å²) in [7, 11) is 1.69. The molecule has 0 N–H and O–H groups in total. The van der Waals surface area contributed by atoms with Crippen molar-refractivity contribution in [2.75, 3.05) is 53.0 Å². The first kappa shape index (κ1) is 20.6. The van der Waals surface area contributed by atoms with Gasteiger partial charge in [0, 0.05) is 43.7 Å². The van der Waals surface area contributed by atoms with Gasteiger partial charge in [-0.3, -0.25) is 4.90 Å². The zero-order valence-electron chi connectivity index (χ0n) is 18.2. The third-order valence-electron chi connectivity index (χ3n) is 5.96. The van der Waals surface area contributed by atoms with E-state index in [0.717, 1.165) is 79.5 Å². The predicted molar refractivity (Wildman–Crippen MR) is 123 cm³/mol. The number of aryl methyl sites for hydroxylation is 1. The average molecular weight is 406 g/mol. The van der Waals surface area contributed by atoms with Crippen molar-refractivity contribution < 1.29 is 9.47 Å². The molecule has 0 bridgehead atoms. The van der Waals surface area contributed by atoms with Crippen LogP contribution in [0.1, 0.15) is 12.5 Å². The molecular weight excluding hydrogens is 374 g/mol. The highest BCUT2D eigenvalue weighted by Gasteiger charge is 2.15. The summed E-state index contributed by atoms with van der Waals surface area (Å²) in [6.07, 6.45) is 0. The number of rotatable bonds is 7. The van der Waals surface area contributed by atoms with Gasteiger partial charge in [-0.2, -0.15) is 0 Å². The number of hydrogen-bond donors (Lipinski definition) is 0. The van der Waals surface area contributed by atoms with Gasteiger partial charge in [0.15, 0.2) is 0 Å². The molecule has 4 rings (SSSR count). The van der Waals surface area contributed by atoms with Gasteiger partial charge in [0.2, 0.25) is 0 Å². The molecule has 1 fully saturated rings. The van der Waals surface area contributed by atoms with Gasteiger partial charge in [-0.15, -0.1) is 0 Å². The summed E-state index contributed by atoms with van der Waals surface area (Å²) in [5.41, 5.74) is 4.25. The SMILES string of the molecule is CCN1CCN(CCOc2ccc(-c3cc(C)c4cc(OC)ccc4n3)cc2)CC1. The number of fused-ring (bicyclic) bond motifs is 1. The summed E-state index contributed by atoms with van der Waals surface area (Å²) in [6.45, 7) is 11.8. The summed E-state index contributed by atoms with van der Waals surface area (Å²) < 4.78 is 11.3. The third kappa shape index (κ3) is 4.74. The molecule has 1 saturated heterocycles. The van der Waals surface area contributed by atoms with E-state index >= 15 is 0 Å². The summed E-state index contributed by atoms with van der Waals surface area (Å²) >= 11 is 0. The standard InChI is InChI=1S/C25H31N3O2/c1-4-27-11-13-28(14-12-27)15-16-30-21-7-5-20(6-8-21)25-17-19(2)23-18-22(29-3)9-10-24(23)26-25/h5-10,17-18H,4,11-16H2,1-3H3. The lowest BCUT2D eigenvalue weighted by molar-refractivity contribution is 0.121. The van der Waals surface area contributed by atoms with E-state index in [1.807, 2.05) is 30.3 Å². The van der Waals surface area contributed by atoms with E-state index in [4.69, 9.17) is 14.5 Å². The summed E-state index contributed by atoms with van der Waals surface area (Å²) in [4.78, 5) is 9.82. The topological polar surface area (TPSA) is 37.8 Å². The Morgan fingerprint density at radius 1 is 0.900 bits per heavy atom. The van der Waals surface area contributed by atoms with E-state index < -0.39 is 0 Å². The van der Waals surface area contributed by atoms with Gasteiger partial charge in [0.25, 0.3) is 0 Å². The lowest BCUT2D eigenvalue weighted by atomic mass is 10.0. The quantitative estimate of drug-likeness (QED) is 0.588. The number of benzene rings is 2. The first-order valence-corrected chi connectivity index (χ1v) is 10.8. The lowest BCUT2D eigenvalue weighted by Gasteiger charge is -2.33. The van der Waals surface area contributed by atoms with Crippen molar-refractivity contribution in [2.24, 2.45) is 0 Å². The average Bonchev–Trinajstić information content (AvgIpc) is 2.79. The number of methoxy groups -OCH3 is 1. The maximum atomic E-state index is 5.98. The molecule has 0 atom stereocenters. The molecule has 30 heavy (non-hydrogen) atoms. The number of aromatic nitrogens is 1. The third-order valence-corrected chi connectivity index (χ3v) is 5.96. The van der Waals surface area contributed by atoms with Crippen LogP contribution in [-0.2, 0) is 0 Å². The molecule has 3 aromatic rings. The van der Waals surface area contributed by atoms with Crippen molar-refractivity contribution in [3.63, 3.8) is 0 Å². The van der Waals surface area contributed by atoms with Gasteiger partial charge in [0.05, 0.1) is 18.3 Å². The van der Waals surface area contributed by atoms with Crippen LogP contribution in [0.15, 0.2) is 48.5 Å². The van der Waals surface area contributed by atoms with Gasteiger partial charge in [-0.05, 0) is 67.6 Å². The fourth-order valence-corrected chi connectivity index (χ4v) is 3.99. The van der Waals surface area contributed by atoms with E-state index in [9.17, 15) is 0 Å². The number of piperazine rings is 1. The van der Waals surface area contributed by atoms with Crippen LogP contribution in [0.3, 0.4) is 0 Å². The van der Waals surface area contributed by atoms with Crippen LogP contribution < -0.4 is 9.47 Å². The second kappa shape index (κ2) is 9.45. The Balaban J connectivity index is 1.37. The van der Waals surface area contributed by atoms with Crippen LogP contribution in [0.4, 0.5) is 0 Å². The van der Waals surface area contributed by atoms with Crippen molar-refractivity contribution >= 4 is 10.9 Å². The van der Waals surface area contributed by atoms with Crippen LogP contribution in [0.5, 0.6) is 11.5 Å². The normalized spacial score (nSPS) is 15.4. The largest absolute Gasteiger partial charge is 0.497 e. The zero-order chi connectivity index (χ0) is 20.9. The lowest BCUT2D eigenvalue weighted by Crippen LogP contribution is -2.47. The Bertz CT molecular complexity index is 980. The zero-order valence-corrected chi connectivity index (χ0v) is 18.2. The molecule has 0 spiro atoms. The fraction of sp³-hybridized carbons (Fsp3) is 0.400. The van der Waals surface area contributed by atoms with Crippen LogP contribution in [-0.4, -0.2) is 67.8 Å². The molecule has 0 saturated carbocycles. The predicted octanol–water partition coefficient (Wildman–Crippen LogP) is 4.24. The van der Waals surface area contributed by atoms with Crippen LogP contribution >= 0.6 is 0 Å². The molecule has 0 radical (unpaired) electrons. The van der Waals surface area contributed by atoms with Gasteiger partial charge < -0.3 is 14.4 Å². The summed E-state index contributed by atoms with van der Waals surface area (Å²) in [5.74, 6) is 1.77. The Morgan fingerprint density at radius 3 is 2.30 bits per heavy atom. The van der Waals surface area contributed by atoms with Crippen molar-refractivity contribution in [3.05, 3.63) is 54.1 Å². The van der Waals surface area contributed by atoms with E-state index in [1.54, 1.807) is 7.11 Å². The Kier molecular flexibility index (Phi) is 6.50. The Labute approximate surface area is 179 Å². The Morgan fingerprint density at radius 2 is 1.60 bits per heavy atom. The molecule has 5 heteroatoms. The smallest absolute Gasteiger partial charge is 0.119 e. The van der Waals surface area contributed by atoms with Gasteiger partial charge in [0.1, 0.15) is 18.1 Å². The molecule has 2 aromatic carbocycles. The van der Waals surface area contributed by atoms with Crippen molar-refractivity contribution in [1.29, 1.82) is 0 Å². The maximum Gasteiger partial charge on any atom is 0.119 e. The second-order valence-electron chi connectivity index (χ2n) is 7.86. The minimum Gasteiger partial charge on any atom is -0.497 e. The highest BCUT2D eigenvalue weighted by molar-refractivity contribution is 5.86. The maximum absolute atomic E-state index is 5.98. The van der Waals surface area contributed by atoms with Crippen LogP contribution in [0, 0.1) is 6.92 Å². The first-order chi connectivity index (χ1) is 14.7. The van der Waals surface area contributed by atoms with E-state index in [0.29, 0.717) is 0 Å². The molecule has 1 aliphatic heterocycles. The number of hydrogen-bond acceptors (Lipinski definition) is 5. The highest BCUT2D eigenvalue weighted by atomic mass is 16.5. The van der Waals surface area contributed by atoms with Crippen molar-refractivity contribution in [3.8, 4) is 22.8 Å². The van der Waals surface area contributed by atoms with Gasteiger partial charge in [-0.1, -0.05) is 6.92 Å². The number of nitrogens with zero attached hydrogens (tertiary/aromatic N) is 3. The fourth-order valence-electron chi connectivity index (χ4n) is 3.99. The van der Waals surface area contributed by atoms with E-state index in [1.165, 1.54) is 5.56 Å². The van der Waals surface area contributed by atoms with Gasteiger partial charge in [-0.25, -0.2) is 4.98 Å². The molecule has 1 aromatic heterocycles. The van der Waals surface area contributed by atoms with E-state index in [-0.39, 0.29) is 0 Å². The minimum atomic E-state index is 0.723. The second-order valence-corrected chi connectivity index (χ2v) is 7.86. The van der Waals surface area contributed by atoms with Crippen LogP contribution in [0.25, 0.3) is 22.2 Å². The molecular formula is C25H31N3O2. The minimum absolute atomic E-state index is 0.723. The van der Waals surface area contributed by atoms with Gasteiger partial charge >= 0.3 is 0 Å². The molecule has 0 unspecified atom stereocenters.